The van der Waals surface area contributed by atoms with Gasteiger partial charge in [-0.25, -0.2) is 14.4 Å². The van der Waals surface area contributed by atoms with Crippen molar-refractivity contribution in [3.8, 4) is 0 Å². The number of allylic oxidation sites excluding steroid dienone is 5. The molecule has 1 atom stereocenters. The lowest BCUT2D eigenvalue weighted by Gasteiger charge is -2.31. The van der Waals surface area contributed by atoms with Gasteiger partial charge in [0.2, 0.25) is 0 Å². The molecule has 1 saturated carbocycles. The molecule has 0 spiro atoms. The molecule has 3 nitrogen and oxygen atoms in total. The lowest BCUT2D eigenvalue weighted by Crippen LogP contribution is -2.31. The zero-order chi connectivity index (χ0) is 20.2. The van der Waals surface area contributed by atoms with Crippen molar-refractivity contribution in [3.05, 3.63) is 53.2 Å². The standard InChI is InChI=1S/C24H31FIN3/c1-29-12-10-20(11-13-29)19-7-4-17(5-8-19)6-9-23(26)24-27-15-21(16-28-24)22(25)14-18-2-3-18/h4,7,14-16,18,20,23H,2-3,5-6,8-13H2,1H3/b22-14-. The molecule has 2 aliphatic carbocycles. The summed E-state index contributed by atoms with van der Waals surface area (Å²) < 4.78 is 14.4. The fourth-order valence-electron chi connectivity index (χ4n) is 4.25. The Morgan fingerprint density at radius 1 is 1.17 bits per heavy atom. The third-order valence-corrected chi connectivity index (χ3v) is 7.64. The maximum absolute atomic E-state index is 14.1. The number of halogens is 2. The molecule has 0 aromatic carbocycles. The van der Waals surface area contributed by atoms with Gasteiger partial charge in [0.25, 0.3) is 0 Å². The van der Waals surface area contributed by atoms with E-state index in [4.69, 9.17) is 0 Å². The van der Waals surface area contributed by atoms with Crippen molar-refractivity contribution in [1.29, 1.82) is 0 Å². The molecule has 1 aliphatic heterocycles. The second-order valence-corrected chi connectivity index (χ2v) is 10.3. The molecule has 3 aliphatic rings. The summed E-state index contributed by atoms with van der Waals surface area (Å²) in [6.07, 6.45) is 19.1. The summed E-state index contributed by atoms with van der Waals surface area (Å²) in [5, 5.41) is 0. The molecule has 4 rings (SSSR count). The minimum absolute atomic E-state index is 0.177. The second kappa shape index (κ2) is 9.82. The summed E-state index contributed by atoms with van der Waals surface area (Å²) in [5.74, 6) is 1.85. The quantitative estimate of drug-likeness (QED) is 0.314. The van der Waals surface area contributed by atoms with Gasteiger partial charge in [0.15, 0.2) is 0 Å². The van der Waals surface area contributed by atoms with E-state index in [9.17, 15) is 4.39 Å². The molecule has 0 bridgehead atoms. The maximum atomic E-state index is 14.1. The molecule has 29 heavy (non-hydrogen) atoms. The predicted molar refractivity (Wildman–Crippen MR) is 125 cm³/mol. The highest BCUT2D eigenvalue weighted by Gasteiger charge is 2.22. The molecule has 1 aromatic heterocycles. The Balaban J connectivity index is 1.27. The average molecular weight is 507 g/mol. The summed E-state index contributed by atoms with van der Waals surface area (Å²) >= 11 is 2.42. The Hall–Kier alpha value is -1.08. The lowest BCUT2D eigenvalue weighted by atomic mass is 9.83. The van der Waals surface area contributed by atoms with Crippen LogP contribution in [0.15, 0.2) is 41.8 Å². The highest BCUT2D eigenvalue weighted by Crippen LogP contribution is 2.35. The molecular formula is C24H31FIN3. The van der Waals surface area contributed by atoms with Crippen molar-refractivity contribution in [2.75, 3.05) is 20.1 Å². The van der Waals surface area contributed by atoms with Crippen LogP contribution in [-0.4, -0.2) is 35.0 Å². The van der Waals surface area contributed by atoms with Gasteiger partial charge in [-0.1, -0.05) is 45.9 Å². The third-order valence-electron chi connectivity index (χ3n) is 6.46. The zero-order valence-corrected chi connectivity index (χ0v) is 19.4. The molecule has 2 heterocycles. The van der Waals surface area contributed by atoms with Crippen molar-refractivity contribution in [2.45, 2.75) is 55.3 Å². The Morgan fingerprint density at radius 2 is 1.90 bits per heavy atom. The molecule has 0 amide bonds. The van der Waals surface area contributed by atoms with Crippen LogP contribution in [0.1, 0.15) is 66.7 Å². The summed E-state index contributed by atoms with van der Waals surface area (Å²) in [5.41, 5.74) is 3.71. The van der Waals surface area contributed by atoms with Crippen LogP contribution < -0.4 is 0 Å². The highest BCUT2D eigenvalue weighted by molar-refractivity contribution is 14.1. The molecular weight excluding hydrogens is 476 g/mol. The Labute approximate surface area is 187 Å². The van der Waals surface area contributed by atoms with E-state index in [0.29, 0.717) is 11.5 Å². The first-order chi connectivity index (χ1) is 14.1. The molecule has 0 N–H and O–H groups in total. The monoisotopic (exact) mass is 507 g/mol. The van der Waals surface area contributed by atoms with Gasteiger partial charge in [0.05, 0.1) is 3.92 Å². The van der Waals surface area contributed by atoms with Crippen molar-refractivity contribution < 1.29 is 4.39 Å². The van der Waals surface area contributed by atoms with Gasteiger partial charge in [0.1, 0.15) is 11.7 Å². The van der Waals surface area contributed by atoms with Crippen LogP contribution >= 0.6 is 22.6 Å². The fourth-order valence-corrected chi connectivity index (χ4v) is 4.89. The summed E-state index contributed by atoms with van der Waals surface area (Å²) in [6, 6.07) is 0. The number of alkyl halides is 1. The van der Waals surface area contributed by atoms with E-state index in [1.54, 1.807) is 29.6 Å². The molecule has 2 fully saturated rings. The van der Waals surface area contributed by atoms with E-state index in [2.05, 4.69) is 56.7 Å². The van der Waals surface area contributed by atoms with Gasteiger partial charge in [-0.15, -0.1) is 0 Å². The third kappa shape index (κ3) is 5.97. The maximum Gasteiger partial charge on any atom is 0.141 e. The number of likely N-dealkylation sites (tertiary alicyclic amines) is 1. The zero-order valence-electron chi connectivity index (χ0n) is 17.3. The fraction of sp³-hybridized carbons (Fsp3) is 0.583. The van der Waals surface area contributed by atoms with E-state index in [1.165, 1.54) is 38.8 Å². The molecule has 1 aromatic rings. The first-order valence-electron chi connectivity index (χ1n) is 11.0. The van der Waals surface area contributed by atoms with Gasteiger partial charge >= 0.3 is 0 Å². The first-order valence-corrected chi connectivity index (χ1v) is 12.2. The van der Waals surface area contributed by atoms with Gasteiger partial charge in [-0.3, -0.25) is 0 Å². The van der Waals surface area contributed by atoms with Crippen LogP contribution in [0, 0.1) is 11.8 Å². The number of hydrogen-bond acceptors (Lipinski definition) is 3. The van der Waals surface area contributed by atoms with Gasteiger partial charge in [-0.2, -0.15) is 0 Å². The summed E-state index contributed by atoms with van der Waals surface area (Å²) in [6.45, 7) is 2.46. The minimum atomic E-state index is -0.177. The van der Waals surface area contributed by atoms with Gasteiger partial charge in [0, 0.05) is 18.0 Å². The average Bonchev–Trinajstić information content (AvgIpc) is 3.57. The summed E-state index contributed by atoms with van der Waals surface area (Å²) in [4.78, 5) is 11.3. The lowest BCUT2D eigenvalue weighted by molar-refractivity contribution is 0.235. The van der Waals surface area contributed by atoms with Crippen LogP contribution in [0.5, 0.6) is 0 Å². The molecule has 156 valence electrons. The molecule has 1 unspecified atom stereocenters. The van der Waals surface area contributed by atoms with Crippen LogP contribution in [0.25, 0.3) is 5.83 Å². The van der Waals surface area contributed by atoms with Crippen LogP contribution in [0.4, 0.5) is 4.39 Å². The largest absolute Gasteiger partial charge is 0.306 e. The number of hydrogen-bond donors (Lipinski definition) is 0. The molecule has 0 radical (unpaired) electrons. The number of rotatable bonds is 7. The normalized spacial score (nSPS) is 22.9. The Morgan fingerprint density at radius 3 is 2.52 bits per heavy atom. The van der Waals surface area contributed by atoms with Gasteiger partial charge in [-0.05, 0) is 89.4 Å². The second-order valence-electron chi connectivity index (χ2n) is 8.83. The van der Waals surface area contributed by atoms with E-state index < -0.39 is 0 Å². The van der Waals surface area contributed by atoms with Crippen LogP contribution in [0.2, 0.25) is 0 Å². The van der Waals surface area contributed by atoms with Crippen molar-refractivity contribution in [3.63, 3.8) is 0 Å². The molecule has 5 heteroatoms. The number of aromatic nitrogens is 2. The van der Waals surface area contributed by atoms with Crippen molar-refractivity contribution in [2.24, 2.45) is 11.8 Å². The van der Waals surface area contributed by atoms with Gasteiger partial charge < -0.3 is 4.90 Å². The van der Waals surface area contributed by atoms with E-state index in [1.807, 2.05) is 0 Å². The van der Waals surface area contributed by atoms with E-state index in [-0.39, 0.29) is 9.75 Å². The minimum Gasteiger partial charge on any atom is -0.306 e. The smallest absolute Gasteiger partial charge is 0.141 e. The summed E-state index contributed by atoms with van der Waals surface area (Å²) in [7, 11) is 2.22. The van der Waals surface area contributed by atoms with Crippen molar-refractivity contribution >= 4 is 28.4 Å². The topological polar surface area (TPSA) is 29.0 Å². The SMILES string of the molecule is CN1CCC(C2=CC=C(CCC(I)c3ncc(/C(F)=C/C4CC4)cn3)CC2)CC1. The first kappa shape index (κ1) is 21.2. The number of nitrogens with zero attached hydrogens (tertiary/aromatic N) is 3. The predicted octanol–water partition coefficient (Wildman–Crippen LogP) is 6.44. The highest BCUT2D eigenvalue weighted by atomic mass is 127. The van der Waals surface area contributed by atoms with E-state index in [0.717, 1.165) is 37.4 Å². The Bertz CT molecular complexity index is 787. The Kier molecular flexibility index (Phi) is 7.16. The van der Waals surface area contributed by atoms with Crippen molar-refractivity contribution in [1.82, 2.24) is 14.9 Å². The molecule has 1 saturated heterocycles. The number of piperidine rings is 1. The van der Waals surface area contributed by atoms with Crippen LogP contribution in [0.3, 0.4) is 0 Å². The van der Waals surface area contributed by atoms with E-state index >= 15 is 0 Å². The van der Waals surface area contributed by atoms with Crippen LogP contribution in [-0.2, 0) is 0 Å².